The van der Waals surface area contributed by atoms with Gasteiger partial charge in [0.05, 0.1) is 19.8 Å². The summed E-state index contributed by atoms with van der Waals surface area (Å²) >= 11 is 0. The molecule has 0 bridgehead atoms. The van der Waals surface area contributed by atoms with Crippen LogP contribution in [-0.2, 0) is 42.2 Å². The molecule has 0 aromatic heterocycles. The minimum atomic E-state index is -4.77. The highest BCUT2D eigenvalue weighted by molar-refractivity contribution is 7.47. The largest absolute Gasteiger partial charge is 0.472 e. The van der Waals surface area contributed by atoms with Gasteiger partial charge in [0.2, 0.25) is 0 Å². The number of hydrogen-bond acceptors (Lipinski definition) is 10. The lowest BCUT2D eigenvalue weighted by Gasteiger charge is -2.21. The number of rotatable bonds is 54. The first-order valence-corrected chi connectivity index (χ1v) is 31.3. The van der Waals surface area contributed by atoms with Crippen molar-refractivity contribution in [2.45, 2.75) is 251 Å². The Hall–Kier alpha value is -3.86. The lowest BCUT2D eigenvalue weighted by atomic mass is 10.1. The zero-order valence-corrected chi connectivity index (χ0v) is 48.8. The maximum Gasteiger partial charge on any atom is 0.472 e. The number of hydrogen-bond donors (Lipinski definition) is 2. The minimum absolute atomic E-state index is 0.141. The van der Waals surface area contributed by atoms with E-state index in [4.69, 9.17) is 23.3 Å². The maximum absolute atomic E-state index is 12.9. The molecule has 0 amide bonds. The molecule has 11 nitrogen and oxygen atoms in total. The van der Waals surface area contributed by atoms with Crippen molar-refractivity contribution < 1.29 is 52.2 Å². The van der Waals surface area contributed by atoms with E-state index in [0.29, 0.717) is 19.3 Å². The second kappa shape index (κ2) is 57.3. The van der Waals surface area contributed by atoms with Gasteiger partial charge in [-0.15, -0.1) is 0 Å². The molecule has 3 unspecified atom stereocenters. The van der Waals surface area contributed by atoms with Crippen LogP contribution in [0.15, 0.2) is 109 Å². The molecule has 0 spiro atoms. The molecule has 0 heterocycles. The summed E-state index contributed by atoms with van der Waals surface area (Å²) in [6.45, 7) is 4.33. The van der Waals surface area contributed by atoms with Gasteiger partial charge < -0.3 is 24.2 Å². The zero-order chi connectivity index (χ0) is 55.5. The van der Waals surface area contributed by atoms with E-state index in [0.717, 1.165) is 148 Å². The van der Waals surface area contributed by atoms with Crippen LogP contribution >= 0.6 is 7.82 Å². The normalized spacial score (nSPS) is 14.1. The molecular formula is C64H107O11P. The van der Waals surface area contributed by atoms with Crippen LogP contribution < -0.4 is 0 Å². The molecule has 2 N–H and O–H groups in total. The summed E-state index contributed by atoms with van der Waals surface area (Å²) in [4.78, 5) is 48.6. The number of carbonyl (C=O) groups excluding carboxylic acids is 3. The van der Waals surface area contributed by atoms with Gasteiger partial charge in [0.1, 0.15) is 12.7 Å². The summed E-state index contributed by atoms with van der Waals surface area (Å²) < 4.78 is 39.5. The summed E-state index contributed by atoms with van der Waals surface area (Å²) in [5, 5.41) is 9.83. The molecule has 76 heavy (non-hydrogen) atoms. The predicted molar refractivity (Wildman–Crippen MR) is 316 cm³/mol. The summed E-state index contributed by atoms with van der Waals surface area (Å²) in [6, 6.07) is 0. The SMILES string of the molecule is CC/C=C\C/C=C\C/C=C\CCCCCCCCCC(=O)OC(CO)COP(=O)(O)OCC(COC(=O)CCCCC/C=C\C/C=C\C/C=C\CC)OC(=O)CCCCCCCC/C=C\C/C=C\C/C=C\CCCCC. The lowest BCUT2D eigenvalue weighted by Crippen LogP contribution is -2.30. The van der Waals surface area contributed by atoms with Gasteiger partial charge in [-0.1, -0.05) is 207 Å². The van der Waals surface area contributed by atoms with Crippen LogP contribution in [0.25, 0.3) is 0 Å². The number of unbranched alkanes of at least 4 members (excludes halogenated alkanes) is 19. The first kappa shape index (κ1) is 72.1. The zero-order valence-electron chi connectivity index (χ0n) is 47.9. The Labute approximate surface area is 463 Å². The van der Waals surface area contributed by atoms with Crippen molar-refractivity contribution in [2.75, 3.05) is 26.4 Å². The van der Waals surface area contributed by atoms with Gasteiger partial charge in [-0.05, 0) is 122 Å². The number of allylic oxidation sites excluding steroid dienone is 18. The van der Waals surface area contributed by atoms with Crippen molar-refractivity contribution in [1.29, 1.82) is 0 Å². The molecule has 12 heteroatoms. The second-order valence-electron chi connectivity index (χ2n) is 19.4. The van der Waals surface area contributed by atoms with E-state index >= 15 is 0 Å². The third-order valence-corrected chi connectivity index (χ3v) is 13.1. The molecule has 0 aliphatic carbocycles. The van der Waals surface area contributed by atoms with E-state index in [-0.39, 0.29) is 25.9 Å². The number of aliphatic hydroxyl groups is 1. The van der Waals surface area contributed by atoms with Crippen molar-refractivity contribution in [3.05, 3.63) is 109 Å². The van der Waals surface area contributed by atoms with E-state index in [2.05, 4.69) is 130 Å². The summed E-state index contributed by atoms with van der Waals surface area (Å²) in [5.74, 6) is -1.53. The molecule has 0 aliphatic rings. The number of carbonyl (C=O) groups is 3. The van der Waals surface area contributed by atoms with E-state index in [9.17, 15) is 28.9 Å². The third-order valence-electron chi connectivity index (χ3n) is 12.2. The molecule has 0 saturated heterocycles. The standard InChI is InChI=1S/C64H107O11P/c1-4-7-10-13-16-19-22-25-27-29-30-32-34-37-40-43-46-49-52-55-64(68)75-61(57-71-62(66)53-50-47-44-41-38-35-24-21-18-15-12-9-6-3)59-73-76(69,70)72-58-60(56-65)74-63(67)54-51-48-45-42-39-36-33-31-28-26-23-20-17-14-11-8-5-2/h8-9,11-12,16-21,25-28,30,32,35,38,60-61,65H,4-7,10,13-15,22-24,29,31,33-34,36-37,39-59H2,1-3H3,(H,69,70)/b11-8-,12-9-,19-16-,20-17-,21-18-,27-25-,28-26-,32-30-,38-35-. The van der Waals surface area contributed by atoms with Crippen molar-refractivity contribution in [2.24, 2.45) is 0 Å². The van der Waals surface area contributed by atoms with Gasteiger partial charge >= 0.3 is 25.7 Å². The number of ether oxygens (including phenoxy) is 3. The Balaban J connectivity index is 4.76. The van der Waals surface area contributed by atoms with Crippen molar-refractivity contribution in [3.63, 3.8) is 0 Å². The van der Waals surface area contributed by atoms with Gasteiger partial charge in [0.25, 0.3) is 0 Å². The molecule has 434 valence electrons. The first-order chi connectivity index (χ1) is 37.2. The van der Waals surface area contributed by atoms with Gasteiger partial charge in [0, 0.05) is 19.3 Å². The molecule has 0 fully saturated rings. The molecule has 0 saturated carbocycles. The van der Waals surface area contributed by atoms with Crippen LogP contribution in [-0.4, -0.2) is 66.5 Å². The average Bonchev–Trinajstić information content (AvgIpc) is 3.41. The Morgan fingerprint density at radius 2 is 0.684 bits per heavy atom. The van der Waals surface area contributed by atoms with Gasteiger partial charge in [-0.2, -0.15) is 0 Å². The van der Waals surface area contributed by atoms with Gasteiger partial charge in [0.15, 0.2) is 6.10 Å². The molecule has 0 aromatic rings. The second-order valence-corrected chi connectivity index (χ2v) is 20.8. The first-order valence-electron chi connectivity index (χ1n) is 29.8. The maximum atomic E-state index is 12.9. The fourth-order valence-corrected chi connectivity index (χ4v) is 8.47. The molecular weight excluding hydrogens is 976 g/mol. The highest BCUT2D eigenvalue weighted by Crippen LogP contribution is 2.43. The lowest BCUT2D eigenvalue weighted by molar-refractivity contribution is -0.161. The Bertz CT molecular complexity index is 1690. The van der Waals surface area contributed by atoms with Crippen LogP contribution in [0.1, 0.15) is 239 Å². The van der Waals surface area contributed by atoms with E-state index < -0.39 is 57.8 Å². The predicted octanol–water partition coefficient (Wildman–Crippen LogP) is 17.8. The minimum Gasteiger partial charge on any atom is -0.462 e. The van der Waals surface area contributed by atoms with Crippen molar-refractivity contribution in [1.82, 2.24) is 0 Å². The number of aliphatic hydroxyl groups excluding tert-OH is 1. The highest BCUT2D eigenvalue weighted by Gasteiger charge is 2.28. The summed E-state index contributed by atoms with van der Waals surface area (Å²) in [7, 11) is -4.77. The average molecular weight is 1080 g/mol. The molecule has 0 radical (unpaired) electrons. The van der Waals surface area contributed by atoms with Crippen LogP contribution in [0.2, 0.25) is 0 Å². The number of esters is 3. The van der Waals surface area contributed by atoms with Crippen LogP contribution in [0.5, 0.6) is 0 Å². The monoisotopic (exact) mass is 1080 g/mol. The fourth-order valence-electron chi connectivity index (χ4n) is 7.69. The molecule has 0 aliphatic heterocycles. The van der Waals surface area contributed by atoms with Crippen LogP contribution in [0.3, 0.4) is 0 Å². The summed E-state index contributed by atoms with van der Waals surface area (Å²) in [6.07, 6.45) is 69.0. The van der Waals surface area contributed by atoms with E-state index in [1.54, 1.807) is 0 Å². The Morgan fingerprint density at radius 3 is 1.07 bits per heavy atom. The molecule has 3 atom stereocenters. The van der Waals surface area contributed by atoms with E-state index in [1.807, 2.05) is 0 Å². The molecule has 0 rings (SSSR count). The Morgan fingerprint density at radius 1 is 0.382 bits per heavy atom. The topological polar surface area (TPSA) is 155 Å². The van der Waals surface area contributed by atoms with Crippen LogP contribution in [0, 0.1) is 0 Å². The highest BCUT2D eigenvalue weighted by atomic mass is 31.2. The van der Waals surface area contributed by atoms with E-state index in [1.165, 1.54) is 32.1 Å². The third kappa shape index (κ3) is 54.9. The van der Waals surface area contributed by atoms with Crippen molar-refractivity contribution in [3.8, 4) is 0 Å². The number of phosphoric ester groups is 1. The van der Waals surface area contributed by atoms with Crippen molar-refractivity contribution >= 4 is 25.7 Å². The van der Waals surface area contributed by atoms with Gasteiger partial charge in [-0.25, -0.2) is 4.57 Å². The van der Waals surface area contributed by atoms with Gasteiger partial charge in [-0.3, -0.25) is 23.4 Å². The molecule has 0 aromatic carbocycles. The fraction of sp³-hybridized carbons (Fsp3) is 0.672. The van der Waals surface area contributed by atoms with Crippen LogP contribution in [0.4, 0.5) is 0 Å². The Kier molecular flexibility index (Phi) is 54.4. The quantitative estimate of drug-likeness (QED) is 0.0197. The smallest absolute Gasteiger partial charge is 0.462 e. The summed E-state index contributed by atoms with van der Waals surface area (Å²) in [5.41, 5.74) is 0. The number of phosphoric acid groups is 1.